The molecule has 1 N–H and O–H groups in total. The largest absolute Gasteiger partial charge is 0.342 e. The van der Waals surface area contributed by atoms with Crippen molar-refractivity contribution in [3.63, 3.8) is 0 Å². The van der Waals surface area contributed by atoms with Crippen LogP contribution in [0.5, 0.6) is 0 Å². The summed E-state index contributed by atoms with van der Waals surface area (Å²) in [4.78, 5) is 24.9. The molecular weight excluding hydrogens is 228 g/mol. The van der Waals surface area contributed by atoms with E-state index in [1.54, 1.807) is 17.2 Å². The first-order chi connectivity index (χ1) is 8.70. The smallest absolute Gasteiger partial charge is 0.251 e. The highest BCUT2D eigenvalue weighted by atomic mass is 16.2. The minimum absolute atomic E-state index is 0.0467. The Hall–Kier alpha value is -2.10. The zero-order chi connectivity index (χ0) is 13.0. The number of β-lactam (4-membered cyclic amide) rings is 1. The van der Waals surface area contributed by atoms with Crippen LogP contribution in [0.3, 0.4) is 0 Å². The van der Waals surface area contributed by atoms with Crippen molar-refractivity contribution < 1.29 is 9.59 Å². The molecule has 1 aromatic carbocycles. The van der Waals surface area contributed by atoms with Crippen molar-refractivity contribution in [2.75, 3.05) is 6.54 Å². The van der Waals surface area contributed by atoms with E-state index in [0.29, 0.717) is 13.0 Å². The van der Waals surface area contributed by atoms with E-state index >= 15 is 0 Å². The number of allylic oxidation sites excluding steroid dienone is 1. The number of nitrogens with zero attached hydrogens (tertiary/aromatic N) is 1. The molecule has 0 radical (unpaired) electrons. The Balaban J connectivity index is 1.81. The van der Waals surface area contributed by atoms with Gasteiger partial charge in [-0.25, -0.2) is 0 Å². The summed E-state index contributed by atoms with van der Waals surface area (Å²) in [5, 5.41) is 2.74. The van der Waals surface area contributed by atoms with Gasteiger partial charge in [0.1, 0.15) is 6.04 Å². The first-order valence-corrected chi connectivity index (χ1v) is 5.97. The van der Waals surface area contributed by atoms with Gasteiger partial charge >= 0.3 is 0 Å². The van der Waals surface area contributed by atoms with Crippen LogP contribution in [-0.4, -0.2) is 29.3 Å². The molecule has 0 unspecified atom stereocenters. The first kappa shape index (κ1) is 12.4. The molecule has 4 heteroatoms. The maximum absolute atomic E-state index is 11.7. The average molecular weight is 244 g/mol. The molecular formula is C14H16N2O2. The van der Waals surface area contributed by atoms with E-state index in [0.717, 1.165) is 5.56 Å². The van der Waals surface area contributed by atoms with E-state index < -0.39 is 0 Å². The van der Waals surface area contributed by atoms with Crippen LogP contribution in [0.2, 0.25) is 0 Å². The number of rotatable bonds is 4. The molecule has 4 nitrogen and oxygen atoms in total. The van der Waals surface area contributed by atoms with E-state index in [4.69, 9.17) is 0 Å². The zero-order valence-corrected chi connectivity index (χ0v) is 10.3. The van der Waals surface area contributed by atoms with Crippen LogP contribution in [0.4, 0.5) is 0 Å². The molecule has 0 bridgehead atoms. The van der Waals surface area contributed by atoms with E-state index in [-0.39, 0.29) is 17.9 Å². The van der Waals surface area contributed by atoms with Gasteiger partial charge in [0, 0.05) is 6.20 Å². The van der Waals surface area contributed by atoms with E-state index in [2.05, 4.69) is 5.32 Å². The highest BCUT2D eigenvalue weighted by molar-refractivity contribution is 5.93. The number of amides is 2. The maximum Gasteiger partial charge on any atom is 0.251 e. The summed E-state index contributed by atoms with van der Waals surface area (Å²) >= 11 is 0. The third-order valence-corrected chi connectivity index (χ3v) is 2.83. The third kappa shape index (κ3) is 2.77. The SMILES string of the molecule is C/C=C/N1C[C@@H](NC(=O)Cc2ccccc2)C1=O. The second-order valence-electron chi connectivity index (χ2n) is 4.26. The Morgan fingerprint density at radius 1 is 1.44 bits per heavy atom. The van der Waals surface area contributed by atoms with Crippen molar-refractivity contribution in [3.05, 3.63) is 48.2 Å². The Morgan fingerprint density at radius 2 is 2.17 bits per heavy atom. The monoisotopic (exact) mass is 244 g/mol. The molecule has 0 aromatic heterocycles. The summed E-state index contributed by atoms with van der Waals surface area (Å²) in [7, 11) is 0. The number of carbonyl (C=O) groups excluding carboxylic acids is 2. The first-order valence-electron chi connectivity index (χ1n) is 5.97. The summed E-state index contributed by atoms with van der Waals surface area (Å²) in [6.07, 6.45) is 3.84. The van der Waals surface area contributed by atoms with Gasteiger partial charge in [-0.3, -0.25) is 9.59 Å². The summed E-state index contributed by atoms with van der Waals surface area (Å²) < 4.78 is 0. The number of hydrogen-bond donors (Lipinski definition) is 1. The predicted octanol–water partition coefficient (Wildman–Crippen LogP) is 1.09. The molecule has 2 rings (SSSR count). The van der Waals surface area contributed by atoms with Gasteiger partial charge in [0.25, 0.3) is 5.91 Å². The molecule has 1 saturated heterocycles. The van der Waals surface area contributed by atoms with E-state index in [9.17, 15) is 9.59 Å². The fourth-order valence-electron chi connectivity index (χ4n) is 1.90. The Kier molecular flexibility index (Phi) is 3.77. The van der Waals surface area contributed by atoms with Crippen molar-refractivity contribution >= 4 is 11.8 Å². The van der Waals surface area contributed by atoms with Gasteiger partial charge in [0.05, 0.1) is 13.0 Å². The summed E-state index contributed by atoms with van der Waals surface area (Å²) in [5.74, 6) is -0.158. The normalized spacial score (nSPS) is 18.8. The molecule has 1 heterocycles. The fraction of sp³-hybridized carbons (Fsp3) is 0.286. The molecule has 0 spiro atoms. The Bertz CT molecular complexity index is 468. The third-order valence-electron chi connectivity index (χ3n) is 2.83. The van der Waals surface area contributed by atoms with Crippen LogP contribution in [0.15, 0.2) is 42.6 Å². The predicted molar refractivity (Wildman–Crippen MR) is 68.6 cm³/mol. The number of carbonyl (C=O) groups is 2. The van der Waals surface area contributed by atoms with Crippen molar-refractivity contribution in [2.24, 2.45) is 0 Å². The molecule has 0 saturated carbocycles. The number of nitrogens with one attached hydrogen (secondary N) is 1. The second-order valence-corrected chi connectivity index (χ2v) is 4.26. The molecule has 1 atom stereocenters. The maximum atomic E-state index is 11.7. The van der Waals surface area contributed by atoms with Crippen LogP contribution < -0.4 is 5.32 Å². The van der Waals surface area contributed by atoms with Crippen molar-refractivity contribution in [1.29, 1.82) is 0 Å². The van der Waals surface area contributed by atoms with E-state index in [1.165, 1.54) is 0 Å². The Labute approximate surface area is 106 Å². The number of benzene rings is 1. The van der Waals surface area contributed by atoms with Gasteiger partial charge in [-0.05, 0) is 12.5 Å². The van der Waals surface area contributed by atoms with Gasteiger partial charge in [0.2, 0.25) is 5.91 Å². The second kappa shape index (κ2) is 5.49. The van der Waals surface area contributed by atoms with Crippen molar-refractivity contribution in [2.45, 2.75) is 19.4 Å². The van der Waals surface area contributed by atoms with Gasteiger partial charge < -0.3 is 10.2 Å². The Morgan fingerprint density at radius 3 is 2.78 bits per heavy atom. The van der Waals surface area contributed by atoms with Gasteiger partial charge in [0.15, 0.2) is 0 Å². The standard InChI is InChI=1S/C14H16N2O2/c1-2-8-16-10-12(14(16)18)15-13(17)9-11-6-4-3-5-7-11/h2-8,12H,9-10H2,1H3,(H,15,17)/b8-2+/t12-/m1/s1. The minimum Gasteiger partial charge on any atom is -0.342 e. The molecule has 1 aromatic rings. The average Bonchev–Trinajstić information content (AvgIpc) is 2.38. The lowest BCUT2D eigenvalue weighted by atomic mass is 10.1. The molecule has 0 aliphatic carbocycles. The van der Waals surface area contributed by atoms with Gasteiger partial charge in [-0.2, -0.15) is 0 Å². The van der Waals surface area contributed by atoms with Crippen LogP contribution >= 0.6 is 0 Å². The van der Waals surface area contributed by atoms with Gasteiger partial charge in [-0.15, -0.1) is 0 Å². The fourth-order valence-corrected chi connectivity index (χ4v) is 1.90. The number of hydrogen-bond acceptors (Lipinski definition) is 2. The number of likely N-dealkylation sites (tertiary alicyclic amines) is 1. The lowest BCUT2D eigenvalue weighted by molar-refractivity contribution is -0.142. The molecule has 18 heavy (non-hydrogen) atoms. The van der Waals surface area contributed by atoms with Crippen molar-refractivity contribution in [1.82, 2.24) is 10.2 Å². The molecule has 1 aliphatic heterocycles. The van der Waals surface area contributed by atoms with Gasteiger partial charge in [-0.1, -0.05) is 36.4 Å². The lowest BCUT2D eigenvalue weighted by Gasteiger charge is -2.36. The van der Waals surface area contributed by atoms with Crippen LogP contribution in [0.25, 0.3) is 0 Å². The van der Waals surface area contributed by atoms with E-state index in [1.807, 2.05) is 37.3 Å². The molecule has 1 aliphatic rings. The quantitative estimate of drug-likeness (QED) is 0.806. The summed E-state index contributed by atoms with van der Waals surface area (Å²) in [5.41, 5.74) is 0.951. The highest BCUT2D eigenvalue weighted by Crippen LogP contribution is 2.11. The van der Waals surface area contributed by atoms with Crippen LogP contribution in [-0.2, 0) is 16.0 Å². The van der Waals surface area contributed by atoms with Crippen molar-refractivity contribution in [3.8, 4) is 0 Å². The topological polar surface area (TPSA) is 49.4 Å². The summed E-state index contributed by atoms with van der Waals surface area (Å²) in [6, 6.07) is 9.13. The minimum atomic E-state index is -0.364. The molecule has 94 valence electrons. The molecule has 2 amide bonds. The zero-order valence-electron chi connectivity index (χ0n) is 10.3. The lowest BCUT2D eigenvalue weighted by Crippen LogP contribution is -2.61. The summed E-state index contributed by atoms with van der Waals surface area (Å²) in [6.45, 7) is 2.41. The molecule has 1 fully saturated rings. The van der Waals surface area contributed by atoms with Crippen LogP contribution in [0.1, 0.15) is 12.5 Å². The van der Waals surface area contributed by atoms with Crippen LogP contribution in [0, 0.1) is 0 Å². The highest BCUT2D eigenvalue weighted by Gasteiger charge is 2.35.